The minimum Gasteiger partial charge on any atom is -0.453 e. The second kappa shape index (κ2) is 6.25. The van der Waals surface area contributed by atoms with Crippen molar-refractivity contribution < 1.29 is 14.3 Å². The predicted molar refractivity (Wildman–Crippen MR) is 59.6 cm³/mol. The molecule has 0 saturated carbocycles. The minimum atomic E-state index is -0.367. The molecular formula is C12H11NO3. The number of anilines is 1. The van der Waals surface area contributed by atoms with Crippen LogP contribution in [-0.4, -0.2) is 19.0 Å². The Hall–Kier alpha value is -2.28. The fraction of sp³-hybridized carbons (Fsp3) is 0.167. The first-order valence-corrected chi connectivity index (χ1v) is 4.65. The molecule has 0 fully saturated rings. The zero-order chi connectivity index (χ0) is 11.8. The van der Waals surface area contributed by atoms with E-state index in [0.717, 1.165) is 0 Å². The molecule has 0 saturated heterocycles. The van der Waals surface area contributed by atoms with Crippen molar-refractivity contribution in [3.05, 3.63) is 29.8 Å². The van der Waals surface area contributed by atoms with Crippen molar-refractivity contribution in [1.82, 2.24) is 0 Å². The zero-order valence-corrected chi connectivity index (χ0v) is 8.82. The van der Waals surface area contributed by atoms with Gasteiger partial charge in [0.25, 0.3) is 0 Å². The van der Waals surface area contributed by atoms with Gasteiger partial charge in [0.05, 0.1) is 5.69 Å². The molecule has 0 spiro atoms. The van der Waals surface area contributed by atoms with E-state index in [1.807, 2.05) is 6.07 Å². The van der Waals surface area contributed by atoms with Crippen molar-refractivity contribution in [3.63, 3.8) is 0 Å². The van der Waals surface area contributed by atoms with Crippen LogP contribution in [0.3, 0.4) is 0 Å². The molecule has 1 rings (SSSR count). The molecule has 4 heteroatoms. The Morgan fingerprint density at radius 2 is 2.25 bits per heavy atom. The van der Waals surface area contributed by atoms with Crippen LogP contribution in [0.5, 0.6) is 0 Å². The topological polar surface area (TPSA) is 55.4 Å². The number of rotatable bonds is 3. The van der Waals surface area contributed by atoms with E-state index in [1.165, 1.54) is 6.92 Å². The maximum Gasteiger partial charge on any atom is 0.303 e. The lowest BCUT2D eigenvalue weighted by atomic mass is 10.2. The van der Waals surface area contributed by atoms with Gasteiger partial charge in [0.1, 0.15) is 0 Å². The number of carbonyl (C=O) groups excluding carboxylic acids is 2. The van der Waals surface area contributed by atoms with Gasteiger partial charge in [-0.3, -0.25) is 9.59 Å². The highest BCUT2D eigenvalue weighted by atomic mass is 16.5. The van der Waals surface area contributed by atoms with Crippen LogP contribution >= 0.6 is 0 Å². The van der Waals surface area contributed by atoms with Crippen molar-refractivity contribution >= 4 is 18.1 Å². The van der Waals surface area contributed by atoms with Gasteiger partial charge in [-0.05, 0) is 12.1 Å². The molecule has 1 aromatic carbocycles. The average Bonchev–Trinajstić information content (AvgIpc) is 2.26. The summed E-state index contributed by atoms with van der Waals surface area (Å²) in [6, 6.07) is 7.12. The molecule has 1 N–H and O–H groups in total. The number of hydrogen-bond donors (Lipinski definition) is 1. The third kappa shape index (κ3) is 3.84. The normalized spacial score (nSPS) is 8.56. The molecule has 0 atom stereocenters. The van der Waals surface area contributed by atoms with E-state index >= 15 is 0 Å². The number of para-hydroxylation sites is 1. The maximum absolute atomic E-state index is 10.5. The minimum absolute atomic E-state index is 0.0464. The van der Waals surface area contributed by atoms with Crippen LogP contribution in [0.2, 0.25) is 0 Å². The molecule has 0 aliphatic carbocycles. The predicted octanol–water partition coefficient (Wildman–Crippen LogP) is 1.17. The van der Waals surface area contributed by atoms with Crippen molar-refractivity contribution in [2.45, 2.75) is 6.92 Å². The van der Waals surface area contributed by atoms with Gasteiger partial charge in [-0.1, -0.05) is 24.0 Å². The Kier molecular flexibility index (Phi) is 4.61. The van der Waals surface area contributed by atoms with Gasteiger partial charge < -0.3 is 10.1 Å². The van der Waals surface area contributed by atoms with Gasteiger partial charge in [-0.15, -0.1) is 0 Å². The molecular weight excluding hydrogens is 206 g/mol. The molecule has 0 aliphatic heterocycles. The molecule has 0 radical (unpaired) electrons. The molecule has 16 heavy (non-hydrogen) atoms. The Balaban J connectivity index is 2.71. The van der Waals surface area contributed by atoms with Crippen LogP contribution in [0.4, 0.5) is 5.69 Å². The maximum atomic E-state index is 10.5. The van der Waals surface area contributed by atoms with Gasteiger partial charge in [0, 0.05) is 12.5 Å². The summed E-state index contributed by atoms with van der Waals surface area (Å²) in [5.41, 5.74) is 1.31. The summed E-state index contributed by atoms with van der Waals surface area (Å²) in [5.74, 6) is 5.12. The fourth-order valence-electron chi connectivity index (χ4n) is 1.05. The van der Waals surface area contributed by atoms with Crippen LogP contribution in [0.25, 0.3) is 0 Å². The van der Waals surface area contributed by atoms with Crippen LogP contribution in [0.1, 0.15) is 12.5 Å². The third-order valence-corrected chi connectivity index (χ3v) is 1.71. The van der Waals surface area contributed by atoms with Gasteiger partial charge in [0.15, 0.2) is 6.61 Å². The van der Waals surface area contributed by atoms with Crippen molar-refractivity contribution in [2.75, 3.05) is 11.9 Å². The Labute approximate surface area is 93.6 Å². The average molecular weight is 217 g/mol. The largest absolute Gasteiger partial charge is 0.453 e. The molecule has 0 bridgehead atoms. The van der Waals surface area contributed by atoms with Gasteiger partial charge >= 0.3 is 5.97 Å². The smallest absolute Gasteiger partial charge is 0.303 e. The van der Waals surface area contributed by atoms with Gasteiger partial charge in [-0.2, -0.15) is 0 Å². The molecule has 1 aromatic rings. The SMILES string of the molecule is CC(=O)OCC#Cc1ccccc1NC=O. The molecule has 0 heterocycles. The van der Waals surface area contributed by atoms with E-state index in [1.54, 1.807) is 18.2 Å². The van der Waals surface area contributed by atoms with Crippen LogP contribution in [-0.2, 0) is 14.3 Å². The first-order valence-electron chi connectivity index (χ1n) is 4.65. The van der Waals surface area contributed by atoms with E-state index in [9.17, 15) is 9.59 Å². The highest BCUT2D eigenvalue weighted by Crippen LogP contribution is 2.12. The lowest BCUT2D eigenvalue weighted by molar-refractivity contribution is -0.139. The first-order chi connectivity index (χ1) is 7.74. The van der Waals surface area contributed by atoms with E-state index in [2.05, 4.69) is 21.9 Å². The van der Waals surface area contributed by atoms with Crippen LogP contribution in [0, 0.1) is 11.8 Å². The lowest BCUT2D eigenvalue weighted by Crippen LogP contribution is -1.98. The number of nitrogens with one attached hydrogen (secondary N) is 1. The standard InChI is InChI=1S/C12H11NO3/c1-10(15)16-8-4-6-11-5-2-3-7-12(11)13-9-14/h2-3,5,7,9H,8H2,1H3,(H,13,14). The van der Waals surface area contributed by atoms with Crippen molar-refractivity contribution in [1.29, 1.82) is 0 Å². The highest BCUT2D eigenvalue weighted by Gasteiger charge is 1.95. The van der Waals surface area contributed by atoms with E-state index in [4.69, 9.17) is 0 Å². The lowest BCUT2D eigenvalue weighted by Gasteiger charge is -2.00. The number of esters is 1. The van der Waals surface area contributed by atoms with Gasteiger partial charge in [-0.25, -0.2) is 0 Å². The van der Waals surface area contributed by atoms with E-state index < -0.39 is 0 Å². The monoisotopic (exact) mass is 217 g/mol. The molecule has 0 aliphatic rings. The van der Waals surface area contributed by atoms with E-state index in [0.29, 0.717) is 17.7 Å². The second-order valence-corrected chi connectivity index (χ2v) is 2.89. The van der Waals surface area contributed by atoms with Crippen LogP contribution < -0.4 is 5.32 Å². The number of amides is 1. The fourth-order valence-corrected chi connectivity index (χ4v) is 1.05. The third-order valence-electron chi connectivity index (χ3n) is 1.71. The zero-order valence-electron chi connectivity index (χ0n) is 8.82. The number of ether oxygens (including phenoxy) is 1. The summed E-state index contributed by atoms with van der Waals surface area (Å²) in [7, 11) is 0. The van der Waals surface area contributed by atoms with Gasteiger partial charge in [0.2, 0.25) is 6.41 Å². The Morgan fingerprint density at radius 3 is 2.94 bits per heavy atom. The van der Waals surface area contributed by atoms with E-state index in [-0.39, 0.29) is 12.6 Å². The number of benzene rings is 1. The Bertz CT molecular complexity index is 443. The summed E-state index contributed by atoms with van der Waals surface area (Å²) in [4.78, 5) is 20.8. The summed E-state index contributed by atoms with van der Waals surface area (Å²) in [6.45, 7) is 1.37. The molecule has 1 amide bonds. The number of hydrogen-bond acceptors (Lipinski definition) is 3. The van der Waals surface area contributed by atoms with Crippen molar-refractivity contribution in [3.8, 4) is 11.8 Å². The summed E-state index contributed by atoms with van der Waals surface area (Å²) >= 11 is 0. The summed E-state index contributed by atoms with van der Waals surface area (Å²) in [5, 5.41) is 2.53. The van der Waals surface area contributed by atoms with Crippen molar-refractivity contribution in [2.24, 2.45) is 0 Å². The second-order valence-electron chi connectivity index (χ2n) is 2.89. The highest BCUT2D eigenvalue weighted by molar-refractivity contribution is 5.75. The number of carbonyl (C=O) groups is 2. The summed E-state index contributed by atoms with van der Waals surface area (Å²) < 4.78 is 4.66. The quantitative estimate of drug-likeness (QED) is 0.469. The first kappa shape index (κ1) is 11.8. The van der Waals surface area contributed by atoms with Crippen LogP contribution in [0.15, 0.2) is 24.3 Å². The molecule has 82 valence electrons. The summed E-state index contributed by atoms with van der Waals surface area (Å²) in [6.07, 6.45) is 0.590. The molecule has 0 unspecified atom stereocenters. The molecule has 0 aromatic heterocycles. The molecule has 4 nitrogen and oxygen atoms in total. The Morgan fingerprint density at radius 1 is 1.50 bits per heavy atom.